The first-order valence-corrected chi connectivity index (χ1v) is 6.67. The van der Waals surface area contributed by atoms with Crippen LogP contribution < -0.4 is 11.2 Å². The standard InChI is InChI=1S/C14H12N4O2S/c1-17-11-9(13(19)18(2)14(17)20)12(21)16-10(15-11)8-6-4-3-5-7-8/h3-7H,1-2H3,(H,15,16,21). The van der Waals surface area contributed by atoms with E-state index in [1.807, 2.05) is 30.3 Å². The Bertz CT molecular complexity index is 1020. The molecule has 0 aliphatic heterocycles. The minimum atomic E-state index is -0.443. The minimum Gasteiger partial charge on any atom is -0.325 e. The van der Waals surface area contributed by atoms with Gasteiger partial charge in [0.15, 0.2) is 0 Å². The minimum absolute atomic E-state index is 0.179. The van der Waals surface area contributed by atoms with Crippen molar-refractivity contribution < 1.29 is 0 Å². The lowest BCUT2D eigenvalue weighted by Crippen LogP contribution is -2.37. The third kappa shape index (κ3) is 2.02. The highest BCUT2D eigenvalue weighted by Gasteiger charge is 2.12. The summed E-state index contributed by atoms with van der Waals surface area (Å²) < 4.78 is 2.56. The SMILES string of the molecule is Cn1c(=O)c2c(=S)nc(-c3ccccc3)[nH]c2n(C)c1=O. The van der Waals surface area contributed by atoms with Crippen LogP contribution in [0.5, 0.6) is 0 Å². The van der Waals surface area contributed by atoms with Crippen molar-refractivity contribution in [1.82, 2.24) is 19.1 Å². The highest BCUT2D eigenvalue weighted by atomic mass is 32.1. The third-order valence-electron chi connectivity index (χ3n) is 3.38. The van der Waals surface area contributed by atoms with Gasteiger partial charge in [0.25, 0.3) is 5.56 Å². The molecule has 3 rings (SSSR count). The molecular weight excluding hydrogens is 288 g/mol. The van der Waals surface area contributed by atoms with Crippen molar-refractivity contribution in [2.24, 2.45) is 14.1 Å². The van der Waals surface area contributed by atoms with Crippen molar-refractivity contribution >= 4 is 23.3 Å². The molecule has 6 nitrogen and oxygen atoms in total. The number of nitrogens with one attached hydrogen (secondary N) is 1. The molecule has 106 valence electrons. The zero-order valence-corrected chi connectivity index (χ0v) is 12.3. The lowest BCUT2D eigenvalue weighted by Gasteiger charge is -2.09. The quantitative estimate of drug-likeness (QED) is 0.689. The Hall–Kier alpha value is -2.54. The summed E-state index contributed by atoms with van der Waals surface area (Å²) in [5.74, 6) is 0.524. The number of aromatic nitrogens is 4. The molecule has 0 aliphatic rings. The maximum atomic E-state index is 12.2. The zero-order valence-electron chi connectivity index (χ0n) is 11.5. The van der Waals surface area contributed by atoms with Gasteiger partial charge in [0, 0.05) is 19.7 Å². The monoisotopic (exact) mass is 300 g/mol. The van der Waals surface area contributed by atoms with Crippen molar-refractivity contribution in [3.05, 3.63) is 55.8 Å². The Morgan fingerprint density at radius 2 is 1.76 bits per heavy atom. The predicted octanol–water partition coefficient (Wildman–Crippen LogP) is 1.36. The van der Waals surface area contributed by atoms with E-state index in [0.29, 0.717) is 11.5 Å². The van der Waals surface area contributed by atoms with Crippen LogP contribution in [0, 0.1) is 4.64 Å². The highest BCUT2D eigenvalue weighted by Crippen LogP contribution is 2.16. The number of hydrogen-bond donors (Lipinski definition) is 1. The number of fused-ring (bicyclic) bond motifs is 1. The average Bonchev–Trinajstić information content (AvgIpc) is 2.51. The normalized spacial score (nSPS) is 11.0. The van der Waals surface area contributed by atoms with Gasteiger partial charge >= 0.3 is 5.69 Å². The van der Waals surface area contributed by atoms with Crippen LogP contribution in [0.3, 0.4) is 0 Å². The second-order valence-corrected chi connectivity index (χ2v) is 5.07. The summed E-state index contributed by atoms with van der Waals surface area (Å²) in [6.45, 7) is 0. The summed E-state index contributed by atoms with van der Waals surface area (Å²) >= 11 is 5.23. The van der Waals surface area contributed by atoms with E-state index in [1.165, 1.54) is 11.6 Å². The highest BCUT2D eigenvalue weighted by molar-refractivity contribution is 7.71. The second-order valence-electron chi connectivity index (χ2n) is 4.69. The van der Waals surface area contributed by atoms with Crippen LogP contribution in [0.15, 0.2) is 39.9 Å². The molecule has 2 aromatic heterocycles. The van der Waals surface area contributed by atoms with Crippen LogP contribution >= 0.6 is 12.2 Å². The summed E-state index contributed by atoms with van der Waals surface area (Å²) in [6, 6.07) is 9.39. The summed E-state index contributed by atoms with van der Waals surface area (Å²) in [7, 11) is 3.01. The van der Waals surface area contributed by atoms with Crippen molar-refractivity contribution in [3.8, 4) is 11.4 Å². The molecule has 0 atom stereocenters. The van der Waals surface area contributed by atoms with E-state index < -0.39 is 11.2 Å². The van der Waals surface area contributed by atoms with Gasteiger partial charge in [0.1, 0.15) is 21.5 Å². The smallest absolute Gasteiger partial charge is 0.325 e. The van der Waals surface area contributed by atoms with Crippen molar-refractivity contribution in [3.63, 3.8) is 0 Å². The fourth-order valence-corrected chi connectivity index (χ4v) is 2.49. The maximum absolute atomic E-state index is 12.2. The fourth-order valence-electron chi connectivity index (χ4n) is 2.21. The van der Waals surface area contributed by atoms with Gasteiger partial charge < -0.3 is 4.98 Å². The number of aryl methyl sites for hydroxylation is 1. The number of rotatable bonds is 1. The molecule has 0 unspecified atom stereocenters. The number of nitrogens with zero attached hydrogens (tertiary/aromatic N) is 3. The molecule has 0 aliphatic carbocycles. The number of benzene rings is 1. The van der Waals surface area contributed by atoms with Crippen LogP contribution in [0.2, 0.25) is 0 Å². The van der Waals surface area contributed by atoms with Gasteiger partial charge in [0.2, 0.25) is 0 Å². The zero-order chi connectivity index (χ0) is 15.1. The molecule has 1 N–H and O–H groups in total. The Balaban J connectivity index is 2.49. The Morgan fingerprint density at radius 3 is 2.43 bits per heavy atom. The number of H-pyrrole nitrogens is 1. The van der Waals surface area contributed by atoms with Crippen LogP contribution in [-0.2, 0) is 14.1 Å². The van der Waals surface area contributed by atoms with E-state index in [0.717, 1.165) is 10.1 Å². The first-order valence-electron chi connectivity index (χ1n) is 6.26. The van der Waals surface area contributed by atoms with Gasteiger partial charge in [-0.05, 0) is 0 Å². The van der Waals surface area contributed by atoms with E-state index in [2.05, 4.69) is 9.97 Å². The molecule has 7 heteroatoms. The van der Waals surface area contributed by atoms with E-state index in [9.17, 15) is 9.59 Å². The molecule has 0 spiro atoms. The van der Waals surface area contributed by atoms with Crippen molar-refractivity contribution in [1.29, 1.82) is 0 Å². The molecule has 0 amide bonds. The Labute approximate surface area is 124 Å². The molecule has 0 radical (unpaired) electrons. The molecule has 0 saturated heterocycles. The van der Waals surface area contributed by atoms with Gasteiger partial charge in [-0.15, -0.1) is 0 Å². The van der Waals surface area contributed by atoms with Gasteiger partial charge in [-0.25, -0.2) is 9.78 Å². The van der Waals surface area contributed by atoms with Gasteiger partial charge in [-0.2, -0.15) is 0 Å². The van der Waals surface area contributed by atoms with E-state index in [1.54, 1.807) is 7.05 Å². The molecule has 0 saturated carbocycles. The van der Waals surface area contributed by atoms with Crippen LogP contribution in [0.4, 0.5) is 0 Å². The van der Waals surface area contributed by atoms with Gasteiger partial charge in [-0.1, -0.05) is 42.5 Å². The summed E-state index contributed by atoms with van der Waals surface area (Å²) in [4.78, 5) is 31.5. The van der Waals surface area contributed by atoms with Crippen LogP contribution in [0.25, 0.3) is 22.4 Å². The second kappa shape index (κ2) is 4.78. The van der Waals surface area contributed by atoms with E-state index in [4.69, 9.17) is 12.2 Å². The average molecular weight is 300 g/mol. The van der Waals surface area contributed by atoms with Crippen molar-refractivity contribution in [2.75, 3.05) is 0 Å². The molecule has 3 aromatic rings. The molecule has 0 bridgehead atoms. The first-order chi connectivity index (χ1) is 10.0. The van der Waals surface area contributed by atoms with Gasteiger partial charge in [-0.3, -0.25) is 13.9 Å². The van der Waals surface area contributed by atoms with E-state index in [-0.39, 0.29) is 10.0 Å². The molecular formula is C14H12N4O2S. The predicted molar refractivity (Wildman–Crippen MR) is 82.8 cm³/mol. The summed E-state index contributed by atoms with van der Waals surface area (Å²) in [5, 5.41) is 0.245. The number of hydrogen-bond acceptors (Lipinski definition) is 4. The molecule has 21 heavy (non-hydrogen) atoms. The Morgan fingerprint density at radius 1 is 1.10 bits per heavy atom. The van der Waals surface area contributed by atoms with E-state index >= 15 is 0 Å². The summed E-state index contributed by atoms with van der Waals surface area (Å²) in [6.07, 6.45) is 0. The first kappa shape index (κ1) is 13.4. The molecule has 0 fully saturated rings. The summed E-state index contributed by atoms with van der Waals surface area (Å²) in [5.41, 5.74) is 0.352. The largest absolute Gasteiger partial charge is 0.332 e. The lowest BCUT2D eigenvalue weighted by molar-refractivity contribution is 0.706. The van der Waals surface area contributed by atoms with Crippen molar-refractivity contribution in [2.45, 2.75) is 0 Å². The Kier molecular flexibility index (Phi) is 3.06. The topological polar surface area (TPSA) is 72.7 Å². The molecule has 2 heterocycles. The lowest BCUT2D eigenvalue weighted by atomic mass is 10.2. The van der Waals surface area contributed by atoms with Crippen LogP contribution in [-0.4, -0.2) is 19.1 Å². The fraction of sp³-hybridized carbons (Fsp3) is 0.143. The number of aromatic amines is 1. The maximum Gasteiger partial charge on any atom is 0.332 e. The van der Waals surface area contributed by atoms with Gasteiger partial charge in [0.05, 0.1) is 0 Å². The van der Waals surface area contributed by atoms with Crippen LogP contribution in [0.1, 0.15) is 0 Å². The molecule has 1 aromatic carbocycles. The third-order valence-corrected chi connectivity index (χ3v) is 3.67.